The molecule has 1 aromatic heterocycles. The van der Waals surface area contributed by atoms with Gasteiger partial charge in [-0.1, -0.05) is 6.07 Å². The molecule has 3 heterocycles. The predicted molar refractivity (Wildman–Crippen MR) is 84.6 cm³/mol. The van der Waals surface area contributed by atoms with Crippen molar-refractivity contribution in [1.29, 1.82) is 0 Å². The van der Waals surface area contributed by atoms with Gasteiger partial charge in [-0.15, -0.1) is 11.3 Å². The number of hydrogen-bond acceptors (Lipinski definition) is 4. The van der Waals surface area contributed by atoms with Crippen molar-refractivity contribution in [2.75, 3.05) is 19.8 Å². The summed E-state index contributed by atoms with van der Waals surface area (Å²) in [7, 11) is 0. The Balaban J connectivity index is 1.25. The Morgan fingerprint density at radius 1 is 1.19 bits per heavy atom. The zero-order valence-electron chi connectivity index (χ0n) is 12.6. The molecule has 4 rings (SSSR count). The number of fused-ring (bicyclic) bond motifs is 1. The molecule has 4 heteroatoms. The summed E-state index contributed by atoms with van der Waals surface area (Å²) in [5.41, 5.74) is 0. The molecule has 3 aliphatic rings. The van der Waals surface area contributed by atoms with E-state index in [1.54, 1.807) is 0 Å². The highest BCUT2D eigenvalue weighted by Gasteiger charge is 2.39. The first-order chi connectivity index (χ1) is 10.4. The van der Waals surface area contributed by atoms with Crippen molar-refractivity contribution in [3.05, 3.63) is 22.4 Å². The van der Waals surface area contributed by atoms with Crippen molar-refractivity contribution in [2.24, 2.45) is 5.92 Å². The van der Waals surface area contributed by atoms with Crippen LogP contribution in [0.1, 0.15) is 37.0 Å². The summed E-state index contributed by atoms with van der Waals surface area (Å²) in [4.78, 5) is 4.10. The second-order valence-corrected chi connectivity index (χ2v) is 7.79. The first-order valence-corrected chi connectivity index (χ1v) is 9.26. The maximum absolute atomic E-state index is 6.30. The third-order valence-electron chi connectivity index (χ3n) is 5.04. The fourth-order valence-corrected chi connectivity index (χ4v) is 4.39. The van der Waals surface area contributed by atoms with Crippen molar-refractivity contribution in [2.45, 2.75) is 56.9 Å². The maximum Gasteiger partial charge on any atom is 0.0813 e. The van der Waals surface area contributed by atoms with Gasteiger partial charge in [0.25, 0.3) is 0 Å². The minimum atomic E-state index is 0.340. The largest absolute Gasteiger partial charge is 0.378 e. The zero-order valence-corrected chi connectivity index (χ0v) is 13.4. The van der Waals surface area contributed by atoms with E-state index >= 15 is 0 Å². The van der Waals surface area contributed by atoms with Crippen LogP contribution in [0.4, 0.5) is 0 Å². The van der Waals surface area contributed by atoms with Crippen molar-refractivity contribution in [3.8, 4) is 0 Å². The van der Waals surface area contributed by atoms with E-state index in [9.17, 15) is 0 Å². The van der Waals surface area contributed by atoms with Gasteiger partial charge in [-0.3, -0.25) is 4.90 Å². The van der Waals surface area contributed by atoms with Gasteiger partial charge in [-0.05, 0) is 49.5 Å². The molecule has 0 amide bonds. The van der Waals surface area contributed by atoms with E-state index in [2.05, 4.69) is 22.4 Å². The average molecular weight is 307 g/mol. The van der Waals surface area contributed by atoms with Crippen molar-refractivity contribution >= 4 is 11.3 Å². The highest BCUT2D eigenvalue weighted by Crippen LogP contribution is 2.33. The number of ether oxygens (including phenoxy) is 2. The summed E-state index contributed by atoms with van der Waals surface area (Å²) < 4.78 is 12.1. The summed E-state index contributed by atoms with van der Waals surface area (Å²) in [6.45, 7) is 4.05. The molecule has 21 heavy (non-hydrogen) atoms. The van der Waals surface area contributed by atoms with E-state index in [0.29, 0.717) is 18.2 Å². The summed E-state index contributed by atoms with van der Waals surface area (Å²) in [6.07, 6.45) is 7.14. The van der Waals surface area contributed by atoms with E-state index in [0.717, 1.165) is 32.1 Å². The van der Waals surface area contributed by atoms with Crippen LogP contribution in [0.25, 0.3) is 0 Å². The van der Waals surface area contributed by atoms with Gasteiger partial charge in [-0.25, -0.2) is 0 Å². The quantitative estimate of drug-likeness (QED) is 0.805. The van der Waals surface area contributed by atoms with Crippen molar-refractivity contribution in [3.63, 3.8) is 0 Å². The Kier molecular flexibility index (Phi) is 4.30. The van der Waals surface area contributed by atoms with Crippen LogP contribution in [0.15, 0.2) is 17.5 Å². The third-order valence-corrected chi connectivity index (χ3v) is 5.91. The van der Waals surface area contributed by atoms with Crippen LogP contribution in [0, 0.1) is 5.92 Å². The number of hydrogen-bond donors (Lipinski definition) is 0. The number of nitrogens with zero attached hydrogens (tertiary/aromatic N) is 1. The molecule has 0 unspecified atom stereocenters. The van der Waals surface area contributed by atoms with Gasteiger partial charge in [0, 0.05) is 30.6 Å². The molecule has 0 radical (unpaired) electrons. The molecule has 0 bridgehead atoms. The van der Waals surface area contributed by atoms with E-state index in [1.165, 1.54) is 37.1 Å². The Hall–Kier alpha value is -0.420. The number of thiophene rings is 1. The first kappa shape index (κ1) is 14.2. The van der Waals surface area contributed by atoms with Crippen molar-refractivity contribution in [1.82, 2.24) is 4.90 Å². The van der Waals surface area contributed by atoms with Gasteiger partial charge >= 0.3 is 0 Å². The topological polar surface area (TPSA) is 21.7 Å². The van der Waals surface area contributed by atoms with Gasteiger partial charge in [0.15, 0.2) is 0 Å². The van der Waals surface area contributed by atoms with Crippen LogP contribution >= 0.6 is 11.3 Å². The van der Waals surface area contributed by atoms with E-state index in [4.69, 9.17) is 9.47 Å². The second kappa shape index (κ2) is 6.37. The predicted octanol–water partition coefficient (Wildman–Crippen LogP) is 3.30. The number of likely N-dealkylation sites (tertiary alicyclic amines) is 1. The van der Waals surface area contributed by atoms with E-state index in [1.807, 2.05) is 11.3 Å². The Morgan fingerprint density at radius 2 is 2.14 bits per heavy atom. The lowest BCUT2D eigenvalue weighted by atomic mass is 9.99. The zero-order chi connectivity index (χ0) is 14.1. The normalized spacial score (nSPS) is 33.2. The van der Waals surface area contributed by atoms with Crippen LogP contribution in [-0.4, -0.2) is 42.9 Å². The standard InChI is InChI=1S/C17H25NO2S/c1-2-15(21-9-1)10-18-8-7-17-16(18)6-5-14(20-17)12-19-11-13-3-4-13/h1-2,9,13-14,16-17H,3-8,10-12H2/t14-,16+,17+/m0/s1. The molecule has 1 saturated carbocycles. The van der Waals surface area contributed by atoms with Crippen LogP contribution in [0.2, 0.25) is 0 Å². The summed E-state index contributed by atoms with van der Waals surface area (Å²) >= 11 is 1.87. The Bertz CT molecular complexity index is 446. The minimum Gasteiger partial charge on any atom is -0.378 e. The highest BCUT2D eigenvalue weighted by atomic mass is 32.1. The molecule has 116 valence electrons. The van der Waals surface area contributed by atoms with Crippen LogP contribution in [0.5, 0.6) is 0 Å². The molecule has 3 fully saturated rings. The molecule has 2 saturated heterocycles. The monoisotopic (exact) mass is 307 g/mol. The fourth-order valence-electron chi connectivity index (χ4n) is 3.66. The summed E-state index contributed by atoms with van der Waals surface area (Å²) in [6, 6.07) is 5.03. The molecule has 0 spiro atoms. The first-order valence-electron chi connectivity index (χ1n) is 8.38. The van der Waals surface area contributed by atoms with Crippen LogP contribution in [0.3, 0.4) is 0 Å². The Morgan fingerprint density at radius 3 is 2.95 bits per heavy atom. The molecule has 2 aliphatic heterocycles. The fraction of sp³-hybridized carbons (Fsp3) is 0.765. The highest BCUT2D eigenvalue weighted by molar-refractivity contribution is 7.09. The average Bonchev–Trinajstić information content (AvgIpc) is 3.03. The minimum absolute atomic E-state index is 0.340. The van der Waals surface area contributed by atoms with Gasteiger partial charge < -0.3 is 9.47 Å². The molecule has 1 aliphatic carbocycles. The lowest BCUT2D eigenvalue weighted by Crippen LogP contribution is -2.43. The third kappa shape index (κ3) is 3.50. The van der Waals surface area contributed by atoms with Crippen LogP contribution in [-0.2, 0) is 16.0 Å². The molecule has 0 N–H and O–H groups in total. The smallest absolute Gasteiger partial charge is 0.0813 e. The number of rotatable bonds is 6. The SMILES string of the molecule is c1csc(CN2CC[C@H]3O[C@H](COCC4CC4)CC[C@H]32)c1. The molecular weight excluding hydrogens is 282 g/mol. The van der Waals surface area contributed by atoms with Crippen molar-refractivity contribution < 1.29 is 9.47 Å². The van der Waals surface area contributed by atoms with Gasteiger partial charge in [0.05, 0.1) is 18.8 Å². The summed E-state index contributed by atoms with van der Waals surface area (Å²) in [5, 5.41) is 2.17. The molecule has 1 aromatic rings. The second-order valence-electron chi connectivity index (χ2n) is 6.76. The Labute approximate surface area is 131 Å². The lowest BCUT2D eigenvalue weighted by molar-refractivity contribution is -0.101. The molecule has 3 atom stereocenters. The van der Waals surface area contributed by atoms with Crippen LogP contribution < -0.4 is 0 Å². The van der Waals surface area contributed by atoms with Gasteiger partial charge in [-0.2, -0.15) is 0 Å². The summed E-state index contributed by atoms with van der Waals surface area (Å²) in [5.74, 6) is 0.856. The molecule has 3 nitrogen and oxygen atoms in total. The maximum atomic E-state index is 6.30. The lowest BCUT2D eigenvalue weighted by Gasteiger charge is -2.35. The van der Waals surface area contributed by atoms with Gasteiger partial charge in [0.2, 0.25) is 0 Å². The van der Waals surface area contributed by atoms with E-state index in [-0.39, 0.29) is 0 Å². The van der Waals surface area contributed by atoms with Gasteiger partial charge in [0.1, 0.15) is 0 Å². The molecular formula is C17H25NO2S. The molecule has 0 aromatic carbocycles. The van der Waals surface area contributed by atoms with E-state index < -0.39 is 0 Å².